The molecule has 0 aliphatic rings. The molecule has 124 valence electrons. The van der Waals surface area contributed by atoms with Gasteiger partial charge in [0, 0.05) is 34.3 Å². The maximum Gasteiger partial charge on any atom is 0.145 e. The average Bonchev–Trinajstić information content (AvgIpc) is 3.10. The largest absolute Gasteiger partial charge is 0.455 e. The molecule has 5 aromatic rings. The van der Waals surface area contributed by atoms with Crippen LogP contribution >= 0.6 is 0 Å². The fourth-order valence-corrected chi connectivity index (χ4v) is 4.09. The summed E-state index contributed by atoms with van der Waals surface area (Å²) in [5.74, 6) is 0. The Morgan fingerprint density at radius 3 is 2.24 bits per heavy atom. The third kappa shape index (κ3) is 1.85. The Labute approximate surface area is 146 Å². The van der Waals surface area contributed by atoms with E-state index in [0.29, 0.717) is 0 Å². The van der Waals surface area contributed by atoms with Crippen LogP contribution in [0, 0.1) is 0 Å². The minimum absolute atomic E-state index is 0.0469. The lowest BCUT2D eigenvalue weighted by Gasteiger charge is -2.18. The molecule has 0 atom stereocenters. The molecule has 25 heavy (non-hydrogen) atoms. The Morgan fingerprint density at radius 2 is 1.44 bits per heavy atom. The van der Waals surface area contributed by atoms with E-state index >= 15 is 0 Å². The Kier molecular flexibility index (Phi) is 2.72. The highest BCUT2D eigenvalue weighted by molar-refractivity contribution is 6.23. The molecule has 2 heteroatoms. The number of hydrogen-bond donors (Lipinski definition) is 0. The standard InChI is InChI=1S/C23H21NO/c1-23(2,3)17-10-7-9-14-15-12-13-19-20(22(15)25-21(14)17)16-8-5-6-11-18(16)24(19)4/h5-13H,1-4H3. The summed E-state index contributed by atoms with van der Waals surface area (Å²) in [5.41, 5.74) is 5.78. The summed E-state index contributed by atoms with van der Waals surface area (Å²) >= 11 is 0. The predicted octanol–water partition coefficient (Wildman–Crippen LogP) is 6.53. The number of furan rings is 1. The Morgan fingerprint density at radius 1 is 0.720 bits per heavy atom. The van der Waals surface area contributed by atoms with Gasteiger partial charge in [-0.1, -0.05) is 57.2 Å². The summed E-state index contributed by atoms with van der Waals surface area (Å²) in [6, 6.07) is 19.5. The van der Waals surface area contributed by atoms with Gasteiger partial charge in [0.2, 0.25) is 0 Å². The van der Waals surface area contributed by atoms with Crippen molar-refractivity contribution >= 4 is 43.7 Å². The fourth-order valence-electron chi connectivity index (χ4n) is 4.09. The quantitative estimate of drug-likeness (QED) is 0.316. The van der Waals surface area contributed by atoms with Crippen LogP contribution in [0.1, 0.15) is 26.3 Å². The third-order valence-electron chi connectivity index (χ3n) is 5.35. The SMILES string of the molecule is Cn1c2ccccc2c2c3oc4c(C(C)(C)C)cccc4c3ccc21. The van der Waals surface area contributed by atoms with E-state index in [-0.39, 0.29) is 5.41 Å². The van der Waals surface area contributed by atoms with Crippen LogP contribution in [0.5, 0.6) is 0 Å². The summed E-state index contributed by atoms with van der Waals surface area (Å²) < 4.78 is 8.78. The van der Waals surface area contributed by atoms with Crippen LogP contribution in [0.25, 0.3) is 43.7 Å². The van der Waals surface area contributed by atoms with Crippen molar-refractivity contribution in [2.75, 3.05) is 0 Å². The second-order valence-electron chi connectivity index (χ2n) is 7.95. The van der Waals surface area contributed by atoms with Crippen LogP contribution in [-0.2, 0) is 12.5 Å². The van der Waals surface area contributed by atoms with Gasteiger partial charge < -0.3 is 8.98 Å². The minimum atomic E-state index is 0.0469. The fraction of sp³-hybridized carbons (Fsp3) is 0.217. The maximum atomic E-state index is 6.53. The van der Waals surface area contributed by atoms with E-state index in [4.69, 9.17) is 4.42 Å². The van der Waals surface area contributed by atoms with Gasteiger partial charge >= 0.3 is 0 Å². The van der Waals surface area contributed by atoms with E-state index in [9.17, 15) is 0 Å². The lowest BCUT2D eigenvalue weighted by Crippen LogP contribution is -2.10. The molecule has 2 nitrogen and oxygen atoms in total. The first kappa shape index (κ1) is 14.6. The van der Waals surface area contributed by atoms with Crippen molar-refractivity contribution in [3.05, 3.63) is 60.2 Å². The summed E-state index contributed by atoms with van der Waals surface area (Å²) in [4.78, 5) is 0. The maximum absolute atomic E-state index is 6.53. The second-order valence-corrected chi connectivity index (χ2v) is 7.95. The van der Waals surface area contributed by atoms with Crippen molar-refractivity contribution in [3.8, 4) is 0 Å². The Balaban J connectivity index is 2.05. The first-order chi connectivity index (χ1) is 12.0. The van der Waals surface area contributed by atoms with Gasteiger partial charge in [-0.3, -0.25) is 0 Å². The zero-order valence-corrected chi connectivity index (χ0v) is 15.1. The van der Waals surface area contributed by atoms with Gasteiger partial charge in [-0.05, 0) is 23.6 Å². The molecule has 2 aromatic heterocycles. The lowest BCUT2D eigenvalue weighted by molar-refractivity contribution is 0.573. The number of hydrogen-bond acceptors (Lipinski definition) is 1. The highest BCUT2D eigenvalue weighted by Gasteiger charge is 2.22. The molecule has 0 N–H and O–H groups in total. The molecule has 0 aliphatic carbocycles. The van der Waals surface area contributed by atoms with Crippen molar-refractivity contribution in [3.63, 3.8) is 0 Å². The normalized spacial score (nSPS) is 12.8. The number of fused-ring (bicyclic) bond motifs is 7. The van der Waals surface area contributed by atoms with Crippen LogP contribution < -0.4 is 0 Å². The lowest BCUT2D eigenvalue weighted by atomic mass is 9.86. The van der Waals surface area contributed by atoms with Gasteiger partial charge in [0.1, 0.15) is 11.2 Å². The number of nitrogens with zero attached hydrogens (tertiary/aromatic N) is 1. The molecule has 3 aromatic carbocycles. The molecule has 0 unspecified atom stereocenters. The van der Waals surface area contributed by atoms with Gasteiger partial charge in [0.05, 0.1) is 10.9 Å². The first-order valence-electron chi connectivity index (χ1n) is 8.78. The van der Waals surface area contributed by atoms with Gasteiger partial charge in [0.25, 0.3) is 0 Å². The molecule has 0 fully saturated rings. The molecule has 5 rings (SSSR count). The molecule has 0 radical (unpaired) electrons. The van der Waals surface area contributed by atoms with E-state index < -0.39 is 0 Å². The molecule has 0 amide bonds. The number of para-hydroxylation sites is 2. The summed E-state index contributed by atoms with van der Waals surface area (Å²) in [6.07, 6.45) is 0. The summed E-state index contributed by atoms with van der Waals surface area (Å²) in [5, 5.41) is 4.87. The van der Waals surface area contributed by atoms with Crippen LogP contribution in [0.2, 0.25) is 0 Å². The molecular weight excluding hydrogens is 306 g/mol. The zero-order valence-electron chi connectivity index (χ0n) is 15.1. The van der Waals surface area contributed by atoms with E-state index in [2.05, 4.69) is 87.0 Å². The third-order valence-corrected chi connectivity index (χ3v) is 5.35. The van der Waals surface area contributed by atoms with Crippen molar-refractivity contribution < 1.29 is 4.42 Å². The number of aromatic nitrogens is 1. The molecule has 0 spiro atoms. The minimum Gasteiger partial charge on any atom is -0.455 e. The first-order valence-corrected chi connectivity index (χ1v) is 8.78. The van der Waals surface area contributed by atoms with Gasteiger partial charge in [-0.25, -0.2) is 0 Å². The van der Waals surface area contributed by atoms with Gasteiger partial charge in [0.15, 0.2) is 0 Å². The Hall–Kier alpha value is -2.74. The number of rotatable bonds is 0. The van der Waals surface area contributed by atoms with Crippen LogP contribution in [0.3, 0.4) is 0 Å². The van der Waals surface area contributed by atoms with Gasteiger partial charge in [-0.15, -0.1) is 0 Å². The van der Waals surface area contributed by atoms with Crippen LogP contribution in [0.4, 0.5) is 0 Å². The monoisotopic (exact) mass is 327 g/mol. The molecule has 0 saturated heterocycles. The van der Waals surface area contributed by atoms with Crippen molar-refractivity contribution in [2.45, 2.75) is 26.2 Å². The van der Waals surface area contributed by atoms with Crippen LogP contribution in [-0.4, -0.2) is 4.57 Å². The smallest absolute Gasteiger partial charge is 0.145 e. The summed E-state index contributed by atoms with van der Waals surface area (Å²) in [6.45, 7) is 6.72. The molecular formula is C23H21NO. The number of benzene rings is 3. The molecule has 0 saturated carbocycles. The van der Waals surface area contributed by atoms with E-state index in [1.165, 1.54) is 38.1 Å². The molecule has 0 aliphatic heterocycles. The highest BCUT2D eigenvalue weighted by Crippen LogP contribution is 2.41. The summed E-state index contributed by atoms with van der Waals surface area (Å²) in [7, 11) is 2.12. The predicted molar refractivity (Wildman–Crippen MR) is 106 cm³/mol. The van der Waals surface area contributed by atoms with E-state index in [1.54, 1.807) is 0 Å². The topological polar surface area (TPSA) is 18.1 Å². The van der Waals surface area contributed by atoms with Crippen LogP contribution in [0.15, 0.2) is 59.0 Å². The van der Waals surface area contributed by atoms with Crippen molar-refractivity contribution in [1.29, 1.82) is 0 Å². The van der Waals surface area contributed by atoms with E-state index in [1.807, 2.05) is 0 Å². The molecule has 0 bridgehead atoms. The molecule has 2 heterocycles. The van der Waals surface area contributed by atoms with Crippen molar-refractivity contribution in [2.24, 2.45) is 7.05 Å². The zero-order chi connectivity index (χ0) is 17.3. The van der Waals surface area contributed by atoms with E-state index in [0.717, 1.165) is 11.2 Å². The highest BCUT2D eigenvalue weighted by atomic mass is 16.3. The van der Waals surface area contributed by atoms with Gasteiger partial charge in [-0.2, -0.15) is 0 Å². The second kappa shape index (κ2) is 4.66. The Bertz CT molecular complexity index is 1280. The average molecular weight is 327 g/mol. The van der Waals surface area contributed by atoms with Crippen molar-refractivity contribution in [1.82, 2.24) is 4.57 Å². The number of aryl methyl sites for hydroxylation is 1.